The summed E-state index contributed by atoms with van der Waals surface area (Å²) in [5.41, 5.74) is 2.90. The van der Waals surface area contributed by atoms with E-state index in [0.29, 0.717) is 0 Å². The van der Waals surface area contributed by atoms with E-state index >= 15 is 0 Å². The van der Waals surface area contributed by atoms with Crippen LogP contribution in [0, 0.1) is 3.57 Å². The van der Waals surface area contributed by atoms with Crippen molar-refractivity contribution >= 4 is 56.1 Å². The van der Waals surface area contributed by atoms with Crippen LogP contribution in [0.5, 0.6) is 0 Å². The quantitative estimate of drug-likeness (QED) is 0.539. The Morgan fingerprint density at radius 1 is 1.50 bits per heavy atom. The molecule has 0 aliphatic heterocycles. The Morgan fingerprint density at radius 3 is 3.08 bits per heavy atom. The molecule has 2 heterocycles. The van der Waals surface area contributed by atoms with Crippen molar-refractivity contribution in [2.24, 2.45) is 0 Å². The molecule has 2 aromatic heterocycles. The first kappa shape index (κ1) is 9.07. The third-order valence-corrected chi connectivity index (χ3v) is 7.67. The summed E-state index contributed by atoms with van der Waals surface area (Å²) < 4.78 is 1.40. The van der Waals surface area contributed by atoms with Crippen LogP contribution in [-0.2, 0) is 0 Å². The van der Waals surface area contributed by atoms with Gasteiger partial charge in [-0.1, -0.05) is 0 Å². The SMILES string of the molecule is CI(I)c1cnc2scnc2c1. The zero-order valence-electron chi connectivity index (χ0n) is 6.29. The molecule has 12 heavy (non-hydrogen) atoms. The fourth-order valence-corrected chi connectivity index (χ4v) is 4.23. The summed E-state index contributed by atoms with van der Waals surface area (Å²) >= 11 is 3.23. The fourth-order valence-electron chi connectivity index (χ4n) is 0.875. The molecule has 2 nitrogen and oxygen atoms in total. The Balaban J connectivity index is 2.60. The van der Waals surface area contributed by atoms with E-state index in [-0.39, 0.29) is 0 Å². The number of nitrogens with zero attached hydrogens (tertiary/aromatic N) is 2. The van der Waals surface area contributed by atoms with Crippen molar-refractivity contribution in [1.29, 1.82) is 0 Å². The van der Waals surface area contributed by atoms with E-state index in [4.69, 9.17) is 0 Å². The number of halogens is 2. The predicted molar refractivity (Wildman–Crippen MR) is 70.1 cm³/mol. The molecule has 0 fully saturated rings. The van der Waals surface area contributed by atoms with Crippen LogP contribution in [-0.4, -0.2) is 14.9 Å². The number of pyridine rings is 1. The van der Waals surface area contributed by atoms with Gasteiger partial charge in [-0.2, -0.15) is 0 Å². The molecule has 2 rings (SSSR count). The number of hydrogen-bond donors (Lipinski definition) is 0. The summed E-state index contributed by atoms with van der Waals surface area (Å²) in [6, 6.07) is 2.18. The maximum atomic E-state index is 4.35. The molecule has 0 radical (unpaired) electrons. The van der Waals surface area contributed by atoms with Crippen LogP contribution >= 0.6 is 45.8 Å². The first-order valence-corrected chi connectivity index (χ1v) is 13.6. The second-order valence-corrected chi connectivity index (χ2v) is 14.8. The van der Waals surface area contributed by atoms with Crippen molar-refractivity contribution in [3.05, 3.63) is 21.3 Å². The van der Waals surface area contributed by atoms with Gasteiger partial charge in [-0.05, 0) is 0 Å². The molecule has 0 unspecified atom stereocenters. The van der Waals surface area contributed by atoms with Crippen LogP contribution in [0.1, 0.15) is 0 Å². The van der Waals surface area contributed by atoms with Gasteiger partial charge in [0.05, 0.1) is 0 Å². The number of hydrogen-bond acceptors (Lipinski definition) is 3. The Labute approximate surface area is 91.4 Å². The Morgan fingerprint density at radius 2 is 2.33 bits per heavy atom. The molecular formula is C7H6I2N2S. The molecule has 64 valence electrons. The minimum atomic E-state index is -0.898. The van der Waals surface area contributed by atoms with Crippen LogP contribution in [0.3, 0.4) is 0 Å². The van der Waals surface area contributed by atoms with Crippen molar-refractivity contribution < 1.29 is 0 Å². The van der Waals surface area contributed by atoms with Crippen LogP contribution in [0.4, 0.5) is 0 Å². The number of aromatic nitrogens is 2. The van der Waals surface area contributed by atoms with Gasteiger partial charge in [0.25, 0.3) is 0 Å². The zero-order chi connectivity index (χ0) is 8.55. The molecule has 0 atom stereocenters. The average Bonchev–Trinajstić information content (AvgIpc) is 2.49. The normalized spacial score (nSPS) is 12.0. The summed E-state index contributed by atoms with van der Waals surface area (Å²) in [7, 11) is 0. The van der Waals surface area contributed by atoms with E-state index in [2.05, 4.69) is 39.6 Å². The van der Waals surface area contributed by atoms with Gasteiger partial charge in [0.1, 0.15) is 0 Å². The molecule has 0 amide bonds. The van der Waals surface area contributed by atoms with Gasteiger partial charge in [-0.3, -0.25) is 0 Å². The first-order valence-electron chi connectivity index (χ1n) is 3.23. The second kappa shape index (κ2) is 3.70. The van der Waals surface area contributed by atoms with E-state index in [1.54, 1.807) is 11.3 Å². The number of alkyl halides is 1. The van der Waals surface area contributed by atoms with Crippen molar-refractivity contribution in [2.45, 2.75) is 0 Å². The number of rotatable bonds is 1. The van der Waals surface area contributed by atoms with Crippen molar-refractivity contribution in [2.75, 3.05) is 4.93 Å². The molecule has 0 aliphatic rings. The molecule has 2 aromatic rings. The van der Waals surface area contributed by atoms with E-state index in [1.165, 1.54) is 3.57 Å². The summed E-state index contributed by atoms with van der Waals surface area (Å²) in [5, 5.41) is 0. The monoisotopic (exact) mass is 404 g/mol. The van der Waals surface area contributed by atoms with Crippen LogP contribution in [0.25, 0.3) is 10.3 Å². The van der Waals surface area contributed by atoms with Gasteiger partial charge in [0.15, 0.2) is 0 Å². The standard InChI is InChI=1S/C7H6I2N2S/c1-9(8)5-2-6-7(10-3-5)12-4-11-6/h2-4H,1H3. The molecule has 0 aromatic carbocycles. The third kappa shape index (κ3) is 1.72. The fraction of sp³-hybridized carbons (Fsp3) is 0.143. The van der Waals surface area contributed by atoms with Gasteiger partial charge >= 0.3 is 92.4 Å². The average molecular weight is 404 g/mol. The Bertz CT molecular complexity index is 399. The number of thiazole rings is 1. The summed E-state index contributed by atoms with van der Waals surface area (Å²) in [4.78, 5) is 11.9. The molecule has 5 heteroatoms. The second-order valence-electron chi connectivity index (χ2n) is 2.23. The van der Waals surface area contributed by atoms with Gasteiger partial charge in [0.2, 0.25) is 0 Å². The molecule has 0 saturated carbocycles. The zero-order valence-corrected chi connectivity index (χ0v) is 11.4. The van der Waals surface area contributed by atoms with Crippen molar-refractivity contribution in [3.63, 3.8) is 0 Å². The molecular weight excluding hydrogens is 398 g/mol. The maximum absolute atomic E-state index is 4.35. The predicted octanol–water partition coefficient (Wildman–Crippen LogP) is 3.35. The van der Waals surface area contributed by atoms with Gasteiger partial charge in [0, 0.05) is 0 Å². The van der Waals surface area contributed by atoms with E-state index in [1.807, 2.05) is 11.7 Å². The summed E-state index contributed by atoms with van der Waals surface area (Å²) in [6.45, 7) is 0. The topological polar surface area (TPSA) is 25.8 Å². The molecule has 0 N–H and O–H groups in total. The summed E-state index contributed by atoms with van der Waals surface area (Å²) in [5.74, 6) is 0. The van der Waals surface area contributed by atoms with Gasteiger partial charge in [-0.25, -0.2) is 0 Å². The molecule has 0 saturated heterocycles. The Hall–Kier alpha value is 0.500. The third-order valence-electron chi connectivity index (χ3n) is 1.46. The van der Waals surface area contributed by atoms with E-state index in [0.717, 1.165) is 10.3 Å². The van der Waals surface area contributed by atoms with Crippen LogP contribution in [0.15, 0.2) is 17.8 Å². The minimum absolute atomic E-state index is 0.898. The van der Waals surface area contributed by atoms with E-state index in [9.17, 15) is 0 Å². The van der Waals surface area contributed by atoms with Crippen LogP contribution < -0.4 is 0 Å². The Kier molecular flexibility index (Phi) is 2.80. The molecule has 0 bridgehead atoms. The van der Waals surface area contributed by atoms with Crippen molar-refractivity contribution in [1.82, 2.24) is 9.97 Å². The van der Waals surface area contributed by atoms with Crippen molar-refractivity contribution in [3.8, 4) is 0 Å². The summed E-state index contributed by atoms with van der Waals surface area (Å²) in [6.07, 6.45) is 2.00. The van der Waals surface area contributed by atoms with E-state index < -0.39 is 15.8 Å². The number of fused-ring (bicyclic) bond motifs is 1. The van der Waals surface area contributed by atoms with Gasteiger partial charge in [-0.15, -0.1) is 0 Å². The first-order chi connectivity index (χ1) is 5.77. The molecule has 0 aliphatic carbocycles. The van der Waals surface area contributed by atoms with Gasteiger partial charge < -0.3 is 0 Å². The van der Waals surface area contributed by atoms with Crippen LogP contribution in [0.2, 0.25) is 0 Å². The molecule has 0 spiro atoms.